The van der Waals surface area contributed by atoms with E-state index in [9.17, 15) is 4.79 Å². The lowest BCUT2D eigenvalue weighted by molar-refractivity contribution is -0.115. The van der Waals surface area contributed by atoms with Crippen LogP contribution in [0.3, 0.4) is 0 Å². The lowest BCUT2D eigenvalue weighted by Crippen LogP contribution is -2.14. The van der Waals surface area contributed by atoms with E-state index in [1.165, 1.54) is 0 Å². The Bertz CT molecular complexity index is 778. The minimum atomic E-state index is -0.214. The molecule has 0 radical (unpaired) electrons. The van der Waals surface area contributed by atoms with Crippen molar-refractivity contribution in [2.45, 2.75) is 13.3 Å². The van der Waals surface area contributed by atoms with Crippen LogP contribution in [0.1, 0.15) is 11.5 Å². The van der Waals surface area contributed by atoms with E-state index < -0.39 is 0 Å². The highest BCUT2D eigenvalue weighted by Crippen LogP contribution is 2.23. The van der Waals surface area contributed by atoms with Gasteiger partial charge in [-0.15, -0.1) is 0 Å². The van der Waals surface area contributed by atoms with Crippen LogP contribution in [-0.2, 0) is 11.2 Å². The van der Waals surface area contributed by atoms with Gasteiger partial charge in [0.05, 0.1) is 10.7 Å². The summed E-state index contributed by atoms with van der Waals surface area (Å²) in [5.41, 5.74) is 3.04. The second-order valence-corrected chi connectivity index (χ2v) is 5.19. The van der Waals surface area contributed by atoms with Crippen molar-refractivity contribution in [3.63, 3.8) is 0 Å². The predicted octanol–water partition coefficient (Wildman–Crippen LogP) is 3.97. The topological polar surface area (TPSA) is 55.1 Å². The smallest absolute Gasteiger partial charge is 0.233 e. The number of aryl methyl sites for hydroxylation is 1. The summed E-state index contributed by atoms with van der Waals surface area (Å²) in [5.74, 6) is 0.173. The zero-order chi connectivity index (χ0) is 14.8. The van der Waals surface area contributed by atoms with Gasteiger partial charge in [-0.2, -0.15) is 0 Å². The van der Waals surface area contributed by atoms with Gasteiger partial charge < -0.3 is 9.73 Å². The van der Waals surface area contributed by atoms with Crippen molar-refractivity contribution in [2.75, 3.05) is 5.32 Å². The van der Waals surface area contributed by atoms with Crippen molar-refractivity contribution >= 4 is 34.3 Å². The van der Waals surface area contributed by atoms with E-state index in [-0.39, 0.29) is 12.3 Å². The van der Waals surface area contributed by atoms with Crippen LogP contribution >= 0.6 is 11.6 Å². The Morgan fingerprint density at radius 1 is 1.29 bits per heavy atom. The van der Waals surface area contributed by atoms with Crippen molar-refractivity contribution in [3.05, 3.63) is 58.9 Å². The number of carbonyl (C=O) groups is 1. The monoisotopic (exact) mass is 300 g/mol. The first kappa shape index (κ1) is 13.6. The zero-order valence-corrected chi connectivity index (χ0v) is 12.1. The Kier molecular flexibility index (Phi) is 3.62. The van der Waals surface area contributed by atoms with Crippen LogP contribution in [0.5, 0.6) is 0 Å². The number of nitrogens with one attached hydrogen (secondary N) is 1. The molecule has 4 nitrogen and oxygen atoms in total. The van der Waals surface area contributed by atoms with Gasteiger partial charge in [-0.05, 0) is 36.8 Å². The number of rotatable bonds is 3. The molecule has 1 amide bonds. The second-order valence-electron chi connectivity index (χ2n) is 4.78. The van der Waals surface area contributed by atoms with E-state index in [2.05, 4.69) is 10.3 Å². The highest BCUT2D eigenvalue weighted by atomic mass is 35.5. The molecule has 3 aromatic rings. The van der Waals surface area contributed by atoms with E-state index in [0.717, 1.165) is 11.1 Å². The largest absolute Gasteiger partial charge is 0.440 e. The van der Waals surface area contributed by atoms with Crippen molar-refractivity contribution in [1.82, 2.24) is 4.98 Å². The van der Waals surface area contributed by atoms with Gasteiger partial charge in [0.15, 0.2) is 5.58 Å². The summed E-state index contributed by atoms with van der Waals surface area (Å²) in [6.45, 7) is 1.94. The molecule has 0 atom stereocenters. The number of anilines is 1. The first-order valence-corrected chi connectivity index (χ1v) is 6.90. The zero-order valence-electron chi connectivity index (χ0n) is 11.4. The molecule has 0 saturated carbocycles. The summed E-state index contributed by atoms with van der Waals surface area (Å²) in [6.07, 6.45) is 0.0684. The van der Waals surface area contributed by atoms with Gasteiger partial charge in [-0.25, -0.2) is 4.98 Å². The number of fused-ring (bicyclic) bond motifs is 1. The minimum Gasteiger partial charge on any atom is -0.440 e. The molecule has 0 fully saturated rings. The average Bonchev–Trinajstić information content (AvgIpc) is 2.84. The number of hydrogen-bond donors (Lipinski definition) is 1. The highest BCUT2D eigenvalue weighted by Gasteiger charge is 2.12. The predicted molar refractivity (Wildman–Crippen MR) is 82.5 cm³/mol. The Labute approximate surface area is 126 Å². The lowest BCUT2D eigenvalue weighted by atomic mass is 10.2. The third-order valence-electron chi connectivity index (χ3n) is 3.05. The van der Waals surface area contributed by atoms with E-state index in [1.807, 2.05) is 43.3 Å². The molecule has 2 aromatic carbocycles. The number of para-hydroxylation sites is 2. The molecule has 3 rings (SSSR count). The van der Waals surface area contributed by atoms with Gasteiger partial charge in [-0.3, -0.25) is 4.79 Å². The maximum atomic E-state index is 12.1. The fourth-order valence-electron chi connectivity index (χ4n) is 2.06. The molecule has 0 saturated heterocycles. The first-order chi connectivity index (χ1) is 10.1. The number of benzene rings is 2. The second kappa shape index (κ2) is 5.58. The minimum absolute atomic E-state index is 0.0684. The van der Waals surface area contributed by atoms with Crippen molar-refractivity contribution in [1.29, 1.82) is 0 Å². The SMILES string of the molecule is Cc1ccc(Cl)c(NC(=O)Cc2nc3ccccc3o2)c1. The van der Waals surface area contributed by atoms with Gasteiger partial charge >= 0.3 is 0 Å². The molecule has 0 aliphatic rings. The van der Waals surface area contributed by atoms with Gasteiger partial charge in [0.2, 0.25) is 11.8 Å². The van der Waals surface area contributed by atoms with Crippen LogP contribution in [0, 0.1) is 6.92 Å². The molecular weight excluding hydrogens is 288 g/mol. The molecule has 1 aromatic heterocycles. The van der Waals surface area contributed by atoms with Crippen molar-refractivity contribution in [2.24, 2.45) is 0 Å². The molecule has 0 bridgehead atoms. The maximum Gasteiger partial charge on any atom is 0.233 e. The molecule has 1 N–H and O–H groups in total. The summed E-state index contributed by atoms with van der Waals surface area (Å²) >= 11 is 6.05. The highest BCUT2D eigenvalue weighted by molar-refractivity contribution is 6.33. The van der Waals surface area contributed by atoms with Gasteiger partial charge in [0, 0.05) is 0 Å². The molecule has 106 valence electrons. The van der Waals surface area contributed by atoms with E-state index in [0.29, 0.717) is 22.2 Å². The number of aromatic nitrogens is 1. The number of hydrogen-bond acceptors (Lipinski definition) is 3. The fraction of sp³-hybridized carbons (Fsp3) is 0.125. The van der Waals surface area contributed by atoms with Crippen LogP contribution in [0.25, 0.3) is 11.1 Å². The molecule has 1 heterocycles. The number of amides is 1. The summed E-state index contributed by atoms with van der Waals surface area (Å²) in [6, 6.07) is 12.9. The van der Waals surface area contributed by atoms with Crippen LogP contribution < -0.4 is 5.32 Å². The van der Waals surface area contributed by atoms with Crippen molar-refractivity contribution in [3.8, 4) is 0 Å². The number of carbonyl (C=O) groups excluding carboxylic acids is 1. The first-order valence-electron chi connectivity index (χ1n) is 6.52. The van der Waals surface area contributed by atoms with Crippen LogP contribution in [0.2, 0.25) is 5.02 Å². The molecule has 21 heavy (non-hydrogen) atoms. The molecule has 5 heteroatoms. The van der Waals surface area contributed by atoms with Gasteiger partial charge in [0.1, 0.15) is 11.9 Å². The number of nitrogens with zero attached hydrogens (tertiary/aromatic N) is 1. The molecule has 0 aliphatic carbocycles. The molecule has 0 aliphatic heterocycles. The Balaban J connectivity index is 1.75. The number of oxazole rings is 1. The van der Waals surface area contributed by atoms with E-state index in [4.69, 9.17) is 16.0 Å². The Morgan fingerprint density at radius 3 is 2.90 bits per heavy atom. The van der Waals surface area contributed by atoms with E-state index >= 15 is 0 Å². The molecule has 0 unspecified atom stereocenters. The van der Waals surface area contributed by atoms with Crippen LogP contribution in [-0.4, -0.2) is 10.9 Å². The maximum absolute atomic E-state index is 12.1. The van der Waals surface area contributed by atoms with Crippen LogP contribution in [0.15, 0.2) is 46.9 Å². The third-order valence-corrected chi connectivity index (χ3v) is 3.38. The lowest BCUT2D eigenvalue weighted by Gasteiger charge is -2.06. The van der Waals surface area contributed by atoms with E-state index in [1.54, 1.807) is 6.07 Å². The number of halogens is 1. The summed E-state index contributed by atoms with van der Waals surface area (Å²) in [4.78, 5) is 16.3. The van der Waals surface area contributed by atoms with Gasteiger partial charge in [-0.1, -0.05) is 29.8 Å². The van der Waals surface area contributed by atoms with Crippen molar-refractivity contribution < 1.29 is 9.21 Å². The molecule has 0 spiro atoms. The summed E-state index contributed by atoms with van der Waals surface area (Å²) < 4.78 is 5.53. The third kappa shape index (κ3) is 3.06. The summed E-state index contributed by atoms with van der Waals surface area (Å²) in [5, 5.41) is 3.28. The quantitative estimate of drug-likeness (QED) is 0.796. The van der Waals surface area contributed by atoms with Gasteiger partial charge in [0.25, 0.3) is 0 Å². The fourth-order valence-corrected chi connectivity index (χ4v) is 2.23. The van der Waals surface area contributed by atoms with Crippen LogP contribution in [0.4, 0.5) is 5.69 Å². The summed E-state index contributed by atoms with van der Waals surface area (Å²) in [7, 11) is 0. The Hall–Kier alpha value is -2.33. The average molecular weight is 301 g/mol. The normalized spacial score (nSPS) is 10.8. The Morgan fingerprint density at radius 2 is 2.10 bits per heavy atom. The standard InChI is InChI=1S/C16H13ClN2O2/c1-10-6-7-11(17)13(8-10)18-15(20)9-16-19-12-4-2-3-5-14(12)21-16/h2-8H,9H2,1H3,(H,18,20). The molecular formula is C16H13ClN2O2.